The van der Waals surface area contributed by atoms with E-state index < -0.39 is 66.2 Å². The molecule has 0 bridgehead atoms. The molecule has 2 aliphatic heterocycles. The smallest absolute Gasteiger partial charge is 0.762 e. The van der Waals surface area contributed by atoms with Gasteiger partial charge in [-0.3, -0.25) is 38.6 Å². The Balaban J connectivity index is 0.000000283. The van der Waals surface area contributed by atoms with Gasteiger partial charge < -0.3 is 4.70 Å². The van der Waals surface area contributed by atoms with Crippen molar-refractivity contribution in [3.05, 3.63) is 122 Å². The standard InChI is InChI=1S/C13H9N3O6S2.C7H6O4S2.C6H4N3O2.BF3.FH/c17-16(18)10-7-5-9(6-8-10)14-15-13-23(19,20)11-3-1-2-4-12(11)24(13,21)22;8-12(9)5-13(10,11)7-4-2-1-3-6(7)12;7-8-5-1-3-6(4-2-5)9(10)11;2-1(3)4;/h1-8,14H;1-4H,5H2;1-4H;;1H/q;;+1;;/p-1. The van der Waals surface area contributed by atoms with E-state index in [0.717, 1.165) is 0 Å². The molecule has 0 fully saturated rings. The van der Waals surface area contributed by atoms with Crippen molar-refractivity contribution in [2.24, 2.45) is 5.10 Å². The van der Waals surface area contributed by atoms with Gasteiger partial charge in [0.15, 0.2) is 29.7 Å². The molecule has 0 amide bonds. The van der Waals surface area contributed by atoms with Crippen molar-refractivity contribution < 1.29 is 61.2 Å². The molecule has 0 atom stereocenters. The Kier molecular flexibility index (Phi) is 14.0. The minimum atomic E-state index is -4.25. The summed E-state index contributed by atoms with van der Waals surface area (Å²) in [6.45, 7) is 0. The lowest BCUT2D eigenvalue weighted by molar-refractivity contribution is -0.385. The first-order valence-corrected chi connectivity index (χ1v) is 19.7. The summed E-state index contributed by atoms with van der Waals surface area (Å²) in [6, 6.07) is 21.0. The van der Waals surface area contributed by atoms with Crippen LogP contribution < -0.4 is 10.1 Å². The van der Waals surface area contributed by atoms with Gasteiger partial charge in [0.1, 0.15) is 0 Å². The lowest BCUT2D eigenvalue weighted by atomic mass is 10.3. The van der Waals surface area contributed by atoms with E-state index in [2.05, 4.69) is 15.5 Å². The van der Waals surface area contributed by atoms with Crippen LogP contribution in [0, 0.1) is 25.6 Å². The molecule has 18 nitrogen and oxygen atoms in total. The third-order valence-electron chi connectivity index (χ3n) is 6.25. The normalized spacial score (nSPS) is 15.5. The molecule has 53 heavy (non-hydrogen) atoms. The number of benzene rings is 4. The maximum atomic E-state index is 12.3. The quantitative estimate of drug-likeness (QED) is 0.101. The molecule has 1 N–H and O–H groups in total. The Morgan fingerprint density at radius 3 is 1.32 bits per heavy atom. The molecule has 2 aliphatic rings. The number of hydrazone groups is 1. The first-order valence-electron chi connectivity index (χ1n) is 13.4. The van der Waals surface area contributed by atoms with Crippen LogP contribution in [0.15, 0.2) is 122 Å². The monoisotopic (exact) mass is 822 g/mol. The van der Waals surface area contributed by atoms with Gasteiger partial charge in [0, 0.05) is 36.4 Å². The van der Waals surface area contributed by atoms with Crippen molar-refractivity contribution in [2.45, 2.75) is 19.6 Å². The number of fused-ring (bicyclic) bond motifs is 2. The van der Waals surface area contributed by atoms with Crippen LogP contribution in [0.4, 0.5) is 35.7 Å². The van der Waals surface area contributed by atoms with Crippen molar-refractivity contribution >= 4 is 74.0 Å². The van der Waals surface area contributed by atoms with Crippen LogP contribution in [-0.2, 0) is 39.3 Å². The van der Waals surface area contributed by atoms with Gasteiger partial charge >= 0.3 is 13.2 Å². The molecule has 4 aromatic carbocycles. The van der Waals surface area contributed by atoms with Crippen molar-refractivity contribution in [2.75, 3.05) is 10.5 Å². The van der Waals surface area contributed by atoms with E-state index in [9.17, 15) is 66.8 Å². The van der Waals surface area contributed by atoms with Gasteiger partial charge in [-0.1, -0.05) is 24.3 Å². The summed E-state index contributed by atoms with van der Waals surface area (Å²) in [5.41, 5.74) is 2.63. The van der Waals surface area contributed by atoms with Crippen LogP contribution >= 0.6 is 0 Å². The Morgan fingerprint density at radius 2 is 0.981 bits per heavy atom. The van der Waals surface area contributed by atoms with Gasteiger partial charge in [0.05, 0.1) is 35.1 Å². The van der Waals surface area contributed by atoms with Gasteiger partial charge in [-0.15, -0.1) is 0 Å². The molecular weight excluding hydrogens is 803 g/mol. The lowest BCUT2D eigenvalue weighted by Gasteiger charge is -2.01. The average molecular weight is 823 g/mol. The summed E-state index contributed by atoms with van der Waals surface area (Å²) in [6.07, 6.45) is 0. The lowest BCUT2D eigenvalue weighted by Crippen LogP contribution is -3.00. The second-order valence-corrected chi connectivity index (χ2v) is 17.9. The van der Waals surface area contributed by atoms with E-state index in [-0.39, 0.29) is 41.3 Å². The molecule has 0 aliphatic carbocycles. The summed E-state index contributed by atoms with van der Waals surface area (Å²) in [5, 5.41) is 31.6. The van der Waals surface area contributed by atoms with E-state index in [0.29, 0.717) is 5.69 Å². The van der Waals surface area contributed by atoms with E-state index in [4.69, 9.17) is 5.39 Å². The van der Waals surface area contributed by atoms with Crippen LogP contribution in [0.1, 0.15) is 0 Å². The largest absolute Gasteiger partial charge is 1.00 e. The van der Waals surface area contributed by atoms with Crippen molar-refractivity contribution in [3.63, 3.8) is 0 Å². The van der Waals surface area contributed by atoms with Gasteiger partial charge in [-0.2, -0.15) is 5.10 Å². The summed E-state index contributed by atoms with van der Waals surface area (Å²) < 4.78 is 122. The number of nitrogens with one attached hydrogen (secondary N) is 1. The average Bonchev–Trinajstić information content (AvgIpc) is 3.37. The molecule has 0 spiro atoms. The molecule has 27 heteroatoms. The number of hydrogen-bond donors (Lipinski definition) is 1. The van der Waals surface area contributed by atoms with E-state index in [1.54, 1.807) is 0 Å². The van der Waals surface area contributed by atoms with Crippen LogP contribution in [0.2, 0.25) is 0 Å². The number of anilines is 1. The minimum Gasteiger partial charge on any atom is -1.00 e. The molecular formula is C26H19BF4N6O12S4. The maximum Gasteiger partial charge on any atom is 0.762 e. The number of halogens is 4. The van der Waals surface area contributed by atoms with Crippen molar-refractivity contribution in [1.82, 2.24) is 0 Å². The topological polar surface area (TPSA) is 275 Å². The van der Waals surface area contributed by atoms with Gasteiger partial charge in [0.2, 0.25) is 25.1 Å². The summed E-state index contributed by atoms with van der Waals surface area (Å²) in [4.78, 5) is 21.6. The maximum absolute atomic E-state index is 12.3. The first kappa shape index (κ1) is 43.3. The van der Waals surface area contributed by atoms with E-state index in [1.165, 1.54) is 97.1 Å². The molecule has 0 saturated heterocycles. The zero-order valence-corrected chi connectivity index (χ0v) is 29.1. The van der Waals surface area contributed by atoms with E-state index >= 15 is 0 Å². The number of non-ortho nitro benzene ring substituents is 2. The van der Waals surface area contributed by atoms with Crippen LogP contribution in [0.5, 0.6) is 0 Å². The van der Waals surface area contributed by atoms with Crippen LogP contribution in [0.25, 0.3) is 4.98 Å². The fourth-order valence-electron chi connectivity index (χ4n) is 4.05. The predicted octanol–water partition coefficient (Wildman–Crippen LogP) is 1.71. The Bertz CT molecular complexity index is 2430. The molecule has 280 valence electrons. The van der Waals surface area contributed by atoms with Gasteiger partial charge in [-0.05, 0) is 36.4 Å². The SMILES string of the molecule is FB(F)F.N#[N+]c1ccc([N+](=O)[O-])cc1.O=S1(=O)CS(=O)(=O)c2ccccc21.O=[N+]([O-])c1ccc(NN=C2S(=O)(=O)c3ccccc3S2(=O)=O)cc1.[F-]. The number of rotatable bonds is 4. The Labute approximate surface area is 297 Å². The summed E-state index contributed by atoms with van der Waals surface area (Å²) in [7, 11) is -19.4. The highest BCUT2D eigenvalue weighted by Gasteiger charge is 2.46. The highest BCUT2D eigenvalue weighted by molar-refractivity contribution is 8.33. The molecule has 0 aromatic heterocycles. The third-order valence-corrected chi connectivity index (χ3v) is 15.3. The number of nitrogens with zero attached hydrogens (tertiary/aromatic N) is 5. The zero-order valence-electron chi connectivity index (χ0n) is 25.8. The van der Waals surface area contributed by atoms with Crippen molar-refractivity contribution in [1.29, 1.82) is 5.39 Å². The molecule has 4 aromatic rings. The second kappa shape index (κ2) is 17.1. The third kappa shape index (κ3) is 10.4. The minimum absolute atomic E-state index is 0. The Hall–Kier alpha value is -5.85. The van der Waals surface area contributed by atoms with Crippen LogP contribution in [0.3, 0.4) is 0 Å². The molecule has 0 saturated carbocycles. The molecule has 2 heterocycles. The Morgan fingerprint density at radius 1 is 0.642 bits per heavy atom. The molecule has 6 rings (SSSR count). The first-order chi connectivity index (χ1) is 24.1. The highest BCUT2D eigenvalue weighted by atomic mass is 32.3. The molecule has 0 radical (unpaired) electrons. The number of sulfone groups is 4. The molecule has 0 unspecified atom stereocenters. The summed E-state index contributed by atoms with van der Waals surface area (Å²) in [5.74, 6) is 0. The number of nitro benzene ring substituents is 2. The second-order valence-electron chi connectivity index (χ2n) is 9.66. The van der Waals surface area contributed by atoms with Crippen LogP contribution in [-0.4, -0.2) is 60.5 Å². The number of nitro groups is 2. The number of hydrogen-bond acceptors (Lipinski definition) is 15. The van der Waals surface area contributed by atoms with Gasteiger partial charge in [-0.25, -0.2) is 33.7 Å². The zero-order chi connectivity index (χ0) is 39.1. The fraction of sp³-hybridized carbons (Fsp3) is 0.0385. The number of diazo groups is 1. The fourth-order valence-corrected chi connectivity index (χ4v) is 13.0. The predicted molar refractivity (Wildman–Crippen MR) is 178 cm³/mol. The highest BCUT2D eigenvalue weighted by Crippen LogP contribution is 2.34. The summed E-state index contributed by atoms with van der Waals surface area (Å²) >= 11 is 0. The van der Waals surface area contributed by atoms with Gasteiger partial charge in [0.25, 0.3) is 15.8 Å². The van der Waals surface area contributed by atoms with E-state index in [1.807, 2.05) is 0 Å². The van der Waals surface area contributed by atoms with Crippen molar-refractivity contribution in [3.8, 4) is 0 Å².